The standard InChI is InChI=1S/C16H11N2.C7H9.2ClH.Ti/c1-2-6-13-10-15(9-12(13)5-1)18-16-8-4-3-7-14(16)11-17-18;1-6-4-3-5-7(6)2;;;/h1-11H;4H,3H2,1-2H3;2*1H;/q;;;;+2/p-2. The Morgan fingerprint density at radius 3 is 2.54 bits per heavy atom. The van der Waals surface area contributed by atoms with Crippen LogP contribution in [0.5, 0.6) is 0 Å². The molecule has 1 heterocycles. The summed E-state index contributed by atoms with van der Waals surface area (Å²) in [5.74, 6) is 0. The first kappa shape index (κ1) is 21.1. The van der Waals surface area contributed by atoms with Gasteiger partial charge < -0.3 is 24.8 Å². The third-order valence-corrected chi connectivity index (χ3v) is 8.45. The van der Waals surface area contributed by atoms with Crippen molar-refractivity contribution in [1.82, 2.24) is 9.78 Å². The molecule has 0 amide bonds. The third-order valence-electron chi connectivity index (χ3n) is 5.60. The molecule has 0 fully saturated rings. The zero-order valence-corrected chi connectivity index (χ0v) is 18.9. The van der Waals surface area contributed by atoms with Crippen LogP contribution in [0.25, 0.3) is 22.7 Å². The number of hydrogen-bond acceptors (Lipinski definition) is 1. The summed E-state index contributed by atoms with van der Waals surface area (Å²) >= 11 is -0.309. The predicted molar refractivity (Wildman–Crippen MR) is 104 cm³/mol. The maximum atomic E-state index is 4.76. The van der Waals surface area contributed by atoms with E-state index < -0.39 is 0 Å². The van der Waals surface area contributed by atoms with Gasteiger partial charge in [-0.05, 0) is 0 Å². The number of hydrogen-bond donors (Lipinski definition) is 0. The Labute approximate surface area is 187 Å². The minimum absolute atomic E-state index is 0. The molecule has 0 spiro atoms. The van der Waals surface area contributed by atoms with E-state index in [4.69, 9.17) is 5.10 Å². The molecule has 1 atom stereocenters. The SMILES string of the molecule is CC1=CC[C]([Ti+2][CH]2C(n3ncc4ccccc43)=Cc3ccccc32)=C1C.[Cl-].[Cl-]. The van der Waals surface area contributed by atoms with Crippen LogP contribution in [0.15, 0.2) is 75.8 Å². The van der Waals surface area contributed by atoms with Crippen molar-refractivity contribution >= 4 is 22.7 Å². The molecule has 1 aromatic heterocycles. The maximum absolute atomic E-state index is 4.76. The second kappa shape index (κ2) is 8.43. The number of allylic oxidation sites excluding steroid dienone is 5. The average molecular weight is 443 g/mol. The number of fused-ring (bicyclic) bond motifs is 2. The number of aromatic nitrogens is 2. The van der Waals surface area contributed by atoms with Crippen LogP contribution >= 0.6 is 0 Å². The van der Waals surface area contributed by atoms with Crippen LogP contribution in [0.3, 0.4) is 0 Å². The predicted octanol–water partition coefficient (Wildman–Crippen LogP) is -0.196. The van der Waals surface area contributed by atoms with Crippen molar-refractivity contribution in [3.63, 3.8) is 0 Å². The Balaban J connectivity index is 0.00000112. The fraction of sp³-hybridized carbons (Fsp3) is 0.174. The molecule has 28 heavy (non-hydrogen) atoms. The van der Waals surface area contributed by atoms with Gasteiger partial charge in [0.15, 0.2) is 0 Å². The van der Waals surface area contributed by atoms with E-state index in [0.717, 1.165) is 6.42 Å². The topological polar surface area (TPSA) is 17.8 Å². The smallest absolute Gasteiger partial charge is 1.00 e. The van der Waals surface area contributed by atoms with Crippen LogP contribution in [0.2, 0.25) is 0 Å². The van der Waals surface area contributed by atoms with Crippen LogP contribution in [-0.4, -0.2) is 9.78 Å². The Morgan fingerprint density at radius 2 is 1.75 bits per heavy atom. The molecular weight excluding hydrogens is 423 g/mol. The molecule has 2 aliphatic rings. The molecule has 0 saturated carbocycles. The summed E-state index contributed by atoms with van der Waals surface area (Å²) in [5, 5.41) is 5.96. The van der Waals surface area contributed by atoms with Crippen molar-refractivity contribution in [3.05, 3.63) is 87.0 Å². The second-order valence-electron chi connectivity index (χ2n) is 7.09. The molecule has 2 nitrogen and oxygen atoms in total. The number of halogens is 2. The van der Waals surface area contributed by atoms with Gasteiger partial charge in [0.1, 0.15) is 0 Å². The summed E-state index contributed by atoms with van der Waals surface area (Å²) in [5.41, 5.74) is 8.37. The van der Waals surface area contributed by atoms with Crippen molar-refractivity contribution in [2.45, 2.75) is 24.5 Å². The number of nitrogens with zero attached hydrogens (tertiary/aromatic N) is 2. The summed E-state index contributed by atoms with van der Waals surface area (Å²) in [7, 11) is 0. The van der Waals surface area contributed by atoms with Gasteiger partial charge in [-0.15, -0.1) is 0 Å². The minimum Gasteiger partial charge on any atom is -1.00 e. The first-order valence-corrected chi connectivity index (χ1v) is 10.8. The molecule has 140 valence electrons. The van der Waals surface area contributed by atoms with Crippen LogP contribution in [-0.2, 0) is 19.2 Å². The van der Waals surface area contributed by atoms with E-state index in [-0.39, 0.29) is 44.0 Å². The van der Waals surface area contributed by atoms with Crippen molar-refractivity contribution in [2.75, 3.05) is 0 Å². The molecule has 0 bridgehead atoms. The summed E-state index contributed by atoms with van der Waals surface area (Å²) in [4.78, 5) is 0. The van der Waals surface area contributed by atoms with Crippen molar-refractivity contribution in [1.29, 1.82) is 0 Å². The van der Waals surface area contributed by atoms with Gasteiger partial charge in [0.2, 0.25) is 0 Å². The number of benzene rings is 2. The van der Waals surface area contributed by atoms with Gasteiger partial charge in [-0.2, -0.15) is 0 Å². The van der Waals surface area contributed by atoms with Crippen LogP contribution in [0.4, 0.5) is 0 Å². The molecule has 2 aliphatic carbocycles. The first-order chi connectivity index (χ1) is 12.7. The van der Waals surface area contributed by atoms with Crippen molar-refractivity contribution in [2.24, 2.45) is 0 Å². The molecule has 2 aromatic carbocycles. The van der Waals surface area contributed by atoms with Gasteiger partial charge in [-0.25, -0.2) is 0 Å². The van der Waals surface area contributed by atoms with Crippen LogP contribution < -0.4 is 24.8 Å². The fourth-order valence-electron chi connectivity index (χ4n) is 3.96. The Hall–Kier alpha value is -1.58. The quantitative estimate of drug-likeness (QED) is 0.514. The van der Waals surface area contributed by atoms with Crippen molar-refractivity contribution < 1.29 is 44.0 Å². The van der Waals surface area contributed by atoms with Gasteiger partial charge in [0.05, 0.1) is 0 Å². The fourth-order valence-corrected chi connectivity index (χ4v) is 6.70. The summed E-state index contributed by atoms with van der Waals surface area (Å²) in [6, 6.07) is 17.4. The average Bonchev–Trinajstić information content (AvgIpc) is 3.34. The van der Waals surface area contributed by atoms with Crippen LogP contribution in [0, 0.1) is 0 Å². The normalized spacial score (nSPS) is 17.4. The number of rotatable bonds is 3. The van der Waals surface area contributed by atoms with E-state index in [1.165, 1.54) is 38.9 Å². The Kier molecular flexibility index (Phi) is 6.36. The van der Waals surface area contributed by atoms with Gasteiger partial charge >= 0.3 is 163 Å². The number of para-hydroxylation sites is 1. The molecule has 0 radical (unpaired) electrons. The zero-order chi connectivity index (χ0) is 17.7. The molecule has 0 saturated heterocycles. The first-order valence-electron chi connectivity index (χ1n) is 9.09. The molecule has 5 heteroatoms. The van der Waals surface area contributed by atoms with E-state index in [1.54, 1.807) is 3.88 Å². The van der Waals surface area contributed by atoms with E-state index in [1.807, 2.05) is 6.20 Å². The van der Waals surface area contributed by atoms with Crippen molar-refractivity contribution in [3.8, 4) is 0 Å². The van der Waals surface area contributed by atoms with Gasteiger partial charge in [-0.1, -0.05) is 0 Å². The summed E-state index contributed by atoms with van der Waals surface area (Å²) in [6.45, 7) is 4.54. The second-order valence-corrected chi connectivity index (χ2v) is 9.38. The monoisotopic (exact) mass is 442 g/mol. The summed E-state index contributed by atoms with van der Waals surface area (Å²) < 4.78 is 4.35. The molecule has 0 aliphatic heterocycles. The van der Waals surface area contributed by atoms with Crippen LogP contribution in [0.1, 0.15) is 35.6 Å². The molecule has 0 N–H and O–H groups in total. The van der Waals surface area contributed by atoms with Gasteiger partial charge in [0, 0.05) is 0 Å². The van der Waals surface area contributed by atoms with E-state index in [2.05, 4.69) is 79.2 Å². The van der Waals surface area contributed by atoms with E-state index in [0.29, 0.717) is 4.22 Å². The maximum Gasteiger partial charge on any atom is -1.00 e. The van der Waals surface area contributed by atoms with E-state index >= 15 is 0 Å². The summed E-state index contributed by atoms with van der Waals surface area (Å²) in [6.07, 6.45) is 7.88. The largest absolute Gasteiger partial charge is 1.00 e. The Morgan fingerprint density at radius 1 is 1.00 bits per heavy atom. The minimum atomic E-state index is -0.309. The molecule has 1 unspecified atom stereocenters. The zero-order valence-electron chi connectivity index (χ0n) is 15.8. The van der Waals surface area contributed by atoms with E-state index in [9.17, 15) is 0 Å². The molecule has 3 aromatic rings. The molecule has 5 rings (SSSR count). The Bertz CT molecular complexity index is 1120. The van der Waals surface area contributed by atoms with Gasteiger partial charge in [-0.3, -0.25) is 0 Å². The third kappa shape index (κ3) is 3.44. The van der Waals surface area contributed by atoms with Gasteiger partial charge in [0.25, 0.3) is 0 Å². The molecular formula is C23H20Cl2N2Ti.